The summed E-state index contributed by atoms with van der Waals surface area (Å²) in [6, 6.07) is 14.6. The number of rotatable bonds is 3. The van der Waals surface area contributed by atoms with Crippen LogP contribution in [-0.4, -0.2) is 48.6 Å². The summed E-state index contributed by atoms with van der Waals surface area (Å²) < 4.78 is 5.33. The molecule has 0 radical (unpaired) electrons. The predicted molar refractivity (Wildman–Crippen MR) is 113 cm³/mol. The largest absolute Gasteiger partial charge is 0.497 e. The Morgan fingerprint density at radius 1 is 1.11 bits per heavy atom. The number of ether oxygens (including phenoxy) is 1. The van der Waals surface area contributed by atoms with Crippen molar-refractivity contribution in [3.05, 3.63) is 59.3 Å². The molecule has 0 aliphatic carbocycles. The van der Waals surface area contributed by atoms with Crippen LogP contribution in [-0.2, 0) is 0 Å². The van der Waals surface area contributed by atoms with Crippen LogP contribution in [0.15, 0.2) is 42.5 Å². The number of nitrogens with one attached hydrogen (secondary N) is 1. The van der Waals surface area contributed by atoms with E-state index < -0.39 is 0 Å². The van der Waals surface area contributed by atoms with Crippen LogP contribution in [0, 0.1) is 13.8 Å². The molecule has 1 N–H and O–H groups in total. The van der Waals surface area contributed by atoms with Gasteiger partial charge in [0.15, 0.2) is 0 Å². The number of piperazine rings is 1. The number of carbonyl (C=O) groups excluding carboxylic acids is 1. The first-order valence-electron chi connectivity index (χ1n) is 9.77. The number of methoxy groups -OCH3 is 1. The number of aryl methyl sites for hydroxylation is 2. The normalized spacial score (nSPS) is 17.2. The number of aromatic amines is 1. The number of benzene rings is 2. The first-order valence-corrected chi connectivity index (χ1v) is 9.77. The third kappa shape index (κ3) is 3.21. The third-order valence-electron chi connectivity index (χ3n) is 5.77. The molecule has 28 heavy (non-hydrogen) atoms. The molecule has 2 aromatic carbocycles. The monoisotopic (exact) mass is 377 g/mol. The standard InChI is InChI=1S/C23H27N3O2/c1-15-5-7-18(8-6-15)25-11-12-26(16(2)14-25)23(27)22-17(3)20-13-19(28-4)9-10-21(20)24-22/h5-10,13,16,24H,11-12,14H2,1-4H3/t16-/m0/s1. The number of aromatic nitrogens is 1. The molecular formula is C23H27N3O2. The first-order chi connectivity index (χ1) is 13.5. The number of H-pyrrole nitrogens is 1. The maximum Gasteiger partial charge on any atom is 0.270 e. The van der Waals surface area contributed by atoms with Gasteiger partial charge in [0.25, 0.3) is 5.91 Å². The lowest BCUT2D eigenvalue weighted by molar-refractivity contribution is 0.0668. The van der Waals surface area contributed by atoms with Crippen molar-refractivity contribution in [2.45, 2.75) is 26.8 Å². The highest BCUT2D eigenvalue weighted by molar-refractivity contribution is 6.01. The van der Waals surface area contributed by atoms with Gasteiger partial charge in [0, 0.05) is 42.3 Å². The Morgan fingerprint density at radius 2 is 1.86 bits per heavy atom. The van der Waals surface area contributed by atoms with Crippen LogP contribution in [0.2, 0.25) is 0 Å². The van der Waals surface area contributed by atoms with Crippen molar-refractivity contribution in [2.75, 3.05) is 31.6 Å². The maximum atomic E-state index is 13.3. The molecule has 0 unspecified atom stereocenters. The Bertz CT molecular complexity index is 1010. The van der Waals surface area contributed by atoms with Gasteiger partial charge >= 0.3 is 0 Å². The van der Waals surface area contributed by atoms with E-state index >= 15 is 0 Å². The summed E-state index contributed by atoms with van der Waals surface area (Å²) in [6.45, 7) is 8.61. The summed E-state index contributed by atoms with van der Waals surface area (Å²) in [7, 11) is 1.66. The molecule has 146 valence electrons. The lowest BCUT2D eigenvalue weighted by atomic mass is 10.1. The van der Waals surface area contributed by atoms with Crippen molar-refractivity contribution >= 4 is 22.5 Å². The number of nitrogens with zero attached hydrogens (tertiary/aromatic N) is 2. The Labute approximate surface area is 165 Å². The molecule has 3 aromatic rings. The van der Waals surface area contributed by atoms with Crippen LogP contribution in [0.3, 0.4) is 0 Å². The third-order valence-corrected chi connectivity index (χ3v) is 5.77. The summed E-state index contributed by atoms with van der Waals surface area (Å²) in [5.41, 5.74) is 5.11. The smallest absolute Gasteiger partial charge is 0.270 e. The zero-order valence-electron chi connectivity index (χ0n) is 17.0. The van der Waals surface area contributed by atoms with Crippen LogP contribution in [0.5, 0.6) is 5.75 Å². The minimum absolute atomic E-state index is 0.0729. The van der Waals surface area contributed by atoms with Crippen molar-refractivity contribution in [2.24, 2.45) is 0 Å². The van der Waals surface area contributed by atoms with Crippen molar-refractivity contribution in [3.63, 3.8) is 0 Å². The molecular weight excluding hydrogens is 350 g/mol. The van der Waals surface area contributed by atoms with Crippen LogP contribution in [0.4, 0.5) is 5.69 Å². The van der Waals surface area contributed by atoms with Gasteiger partial charge in [-0.25, -0.2) is 0 Å². The number of hydrogen-bond donors (Lipinski definition) is 1. The van der Waals surface area contributed by atoms with Gasteiger partial charge in [-0.05, 0) is 56.7 Å². The molecule has 1 aliphatic heterocycles. The predicted octanol–water partition coefficient (Wildman–Crippen LogP) is 4.14. The van der Waals surface area contributed by atoms with Gasteiger partial charge in [-0.15, -0.1) is 0 Å². The van der Waals surface area contributed by atoms with E-state index in [2.05, 4.69) is 48.0 Å². The van der Waals surface area contributed by atoms with Gasteiger partial charge in [-0.2, -0.15) is 0 Å². The van der Waals surface area contributed by atoms with E-state index in [9.17, 15) is 4.79 Å². The second-order valence-electron chi connectivity index (χ2n) is 7.67. The van der Waals surface area contributed by atoms with E-state index in [1.165, 1.54) is 11.3 Å². The minimum atomic E-state index is 0.0729. The lowest BCUT2D eigenvalue weighted by Crippen LogP contribution is -2.54. The molecule has 1 atom stereocenters. The number of amides is 1. The lowest BCUT2D eigenvalue weighted by Gasteiger charge is -2.41. The summed E-state index contributed by atoms with van der Waals surface area (Å²) in [5.74, 6) is 0.873. The molecule has 4 rings (SSSR count). The van der Waals surface area contributed by atoms with Crippen LogP contribution < -0.4 is 9.64 Å². The second kappa shape index (κ2) is 7.23. The van der Waals surface area contributed by atoms with Gasteiger partial charge in [0.2, 0.25) is 0 Å². The van der Waals surface area contributed by atoms with E-state index in [0.717, 1.165) is 35.3 Å². The van der Waals surface area contributed by atoms with Gasteiger partial charge in [0.05, 0.1) is 7.11 Å². The zero-order chi connectivity index (χ0) is 19.8. The maximum absolute atomic E-state index is 13.3. The number of carbonyl (C=O) groups is 1. The molecule has 1 saturated heterocycles. The first kappa shape index (κ1) is 18.4. The molecule has 2 heterocycles. The minimum Gasteiger partial charge on any atom is -0.497 e. The van der Waals surface area contributed by atoms with Crippen molar-refractivity contribution in [3.8, 4) is 5.75 Å². The van der Waals surface area contributed by atoms with Crippen molar-refractivity contribution in [1.82, 2.24) is 9.88 Å². The Morgan fingerprint density at radius 3 is 2.54 bits per heavy atom. The summed E-state index contributed by atoms with van der Waals surface area (Å²) in [4.78, 5) is 21.0. The van der Waals surface area contributed by atoms with Gasteiger partial charge in [0.1, 0.15) is 11.4 Å². The Kier molecular flexibility index (Phi) is 4.75. The molecule has 0 saturated carbocycles. The zero-order valence-corrected chi connectivity index (χ0v) is 17.0. The SMILES string of the molecule is COc1ccc2[nH]c(C(=O)N3CCN(c4ccc(C)cc4)C[C@@H]3C)c(C)c2c1. The second-order valence-corrected chi connectivity index (χ2v) is 7.67. The highest BCUT2D eigenvalue weighted by Crippen LogP contribution is 2.28. The molecule has 5 heteroatoms. The highest BCUT2D eigenvalue weighted by Gasteiger charge is 2.30. The molecule has 1 amide bonds. The van der Waals surface area contributed by atoms with Crippen molar-refractivity contribution in [1.29, 1.82) is 0 Å². The van der Waals surface area contributed by atoms with E-state index in [0.29, 0.717) is 12.2 Å². The highest BCUT2D eigenvalue weighted by atomic mass is 16.5. The molecule has 5 nitrogen and oxygen atoms in total. The molecule has 0 bridgehead atoms. The molecule has 1 aliphatic rings. The quantitative estimate of drug-likeness (QED) is 0.746. The van der Waals surface area contributed by atoms with Gasteiger partial charge < -0.3 is 19.5 Å². The van der Waals surface area contributed by atoms with Crippen LogP contribution in [0.1, 0.15) is 28.5 Å². The number of anilines is 1. The van der Waals surface area contributed by atoms with E-state index in [1.807, 2.05) is 30.0 Å². The van der Waals surface area contributed by atoms with Gasteiger partial charge in [-0.3, -0.25) is 4.79 Å². The van der Waals surface area contributed by atoms with Crippen LogP contribution >= 0.6 is 0 Å². The number of fused-ring (bicyclic) bond motifs is 1. The van der Waals surface area contributed by atoms with E-state index in [4.69, 9.17) is 4.74 Å². The summed E-state index contributed by atoms with van der Waals surface area (Å²) in [5, 5.41) is 1.04. The molecule has 1 aromatic heterocycles. The fourth-order valence-electron chi connectivity index (χ4n) is 4.04. The topological polar surface area (TPSA) is 48.6 Å². The van der Waals surface area contributed by atoms with Crippen LogP contribution in [0.25, 0.3) is 10.9 Å². The fourth-order valence-corrected chi connectivity index (χ4v) is 4.04. The summed E-state index contributed by atoms with van der Waals surface area (Å²) in [6.07, 6.45) is 0. The Balaban J connectivity index is 1.55. The number of hydrogen-bond acceptors (Lipinski definition) is 3. The van der Waals surface area contributed by atoms with E-state index in [1.54, 1.807) is 7.11 Å². The summed E-state index contributed by atoms with van der Waals surface area (Å²) >= 11 is 0. The Hall–Kier alpha value is -2.95. The average Bonchev–Trinajstić information content (AvgIpc) is 3.04. The van der Waals surface area contributed by atoms with Crippen molar-refractivity contribution < 1.29 is 9.53 Å². The van der Waals surface area contributed by atoms with Gasteiger partial charge in [-0.1, -0.05) is 17.7 Å². The van der Waals surface area contributed by atoms with E-state index in [-0.39, 0.29) is 11.9 Å². The molecule has 1 fully saturated rings. The fraction of sp³-hybridized carbons (Fsp3) is 0.348. The average molecular weight is 377 g/mol. The molecule has 0 spiro atoms.